The number of amides is 2. The van der Waals surface area contributed by atoms with Crippen molar-refractivity contribution >= 4 is 54.3 Å². The number of fused-ring (bicyclic) bond motifs is 3. The van der Waals surface area contributed by atoms with E-state index in [2.05, 4.69) is 25.5 Å². The van der Waals surface area contributed by atoms with Crippen molar-refractivity contribution in [3.8, 4) is 0 Å². The van der Waals surface area contributed by atoms with Crippen molar-refractivity contribution in [2.45, 2.75) is 0 Å². The first-order valence-corrected chi connectivity index (χ1v) is 9.47. The van der Waals surface area contributed by atoms with Gasteiger partial charge in [0.25, 0.3) is 0 Å². The fourth-order valence-electron chi connectivity index (χ4n) is 2.66. The minimum Gasteiger partial charge on any atom is -0.379 e. The molecule has 1 aliphatic rings. The maximum atomic E-state index is 12.0. The molecule has 0 aliphatic carbocycles. The minimum absolute atomic E-state index is 0.225. The number of nitrogens with one attached hydrogen (secondary N) is 2. The van der Waals surface area contributed by atoms with Gasteiger partial charge >= 0.3 is 6.03 Å². The van der Waals surface area contributed by atoms with Gasteiger partial charge in [0.05, 0.1) is 33.6 Å². The van der Waals surface area contributed by atoms with Crippen molar-refractivity contribution in [1.29, 1.82) is 0 Å². The van der Waals surface area contributed by atoms with Gasteiger partial charge in [0.15, 0.2) is 5.13 Å². The summed E-state index contributed by atoms with van der Waals surface area (Å²) >= 11 is 3.06. The Morgan fingerprint density at radius 3 is 3.08 bits per heavy atom. The fourth-order valence-corrected chi connectivity index (χ4v) is 4.37. The van der Waals surface area contributed by atoms with Crippen LogP contribution in [0.1, 0.15) is 0 Å². The smallest absolute Gasteiger partial charge is 0.321 e. The highest BCUT2D eigenvalue weighted by Crippen LogP contribution is 2.33. The summed E-state index contributed by atoms with van der Waals surface area (Å²) in [6.07, 6.45) is 0. The van der Waals surface area contributed by atoms with Crippen LogP contribution in [0.25, 0.3) is 20.4 Å². The average molecular weight is 363 g/mol. The van der Waals surface area contributed by atoms with Crippen LogP contribution in [-0.2, 0) is 4.74 Å². The summed E-state index contributed by atoms with van der Waals surface area (Å²) in [7, 11) is 0. The number of hydrogen-bond donors (Lipinski definition) is 2. The molecule has 1 fully saturated rings. The molecule has 1 aliphatic heterocycles. The summed E-state index contributed by atoms with van der Waals surface area (Å²) in [6, 6.07) is 3.76. The second-order valence-electron chi connectivity index (χ2n) is 5.47. The molecule has 0 radical (unpaired) electrons. The van der Waals surface area contributed by atoms with Gasteiger partial charge in [-0.3, -0.25) is 10.2 Å². The minimum atomic E-state index is -0.225. The van der Waals surface area contributed by atoms with E-state index in [0.717, 1.165) is 53.3 Å². The maximum Gasteiger partial charge on any atom is 0.321 e. The number of nitrogens with zero attached hydrogens (tertiary/aromatic N) is 3. The van der Waals surface area contributed by atoms with E-state index in [1.54, 1.807) is 11.3 Å². The quantitative estimate of drug-likeness (QED) is 0.744. The van der Waals surface area contributed by atoms with Crippen molar-refractivity contribution < 1.29 is 9.53 Å². The van der Waals surface area contributed by atoms with Gasteiger partial charge in [0.2, 0.25) is 0 Å². The summed E-state index contributed by atoms with van der Waals surface area (Å²) in [5, 5.41) is 6.28. The summed E-state index contributed by atoms with van der Waals surface area (Å²) in [4.78, 5) is 23.2. The zero-order valence-corrected chi connectivity index (χ0v) is 14.6. The molecule has 1 aromatic carbocycles. The van der Waals surface area contributed by atoms with Gasteiger partial charge in [0, 0.05) is 26.2 Å². The molecule has 1 saturated heterocycles. The van der Waals surface area contributed by atoms with Crippen molar-refractivity contribution in [3.05, 3.63) is 17.6 Å². The Labute approximate surface area is 146 Å². The molecule has 0 unspecified atom stereocenters. The largest absolute Gasteiger partial charge is 0.379 e. The zero-order chi connectivity index (χ0) is 16.4. The first-order chi connectivity index (χ1) is 11.8. The second kappa shape index (κ2) is 6.98. The lowest BCUT2D eigenvalue weighted by Gasteiger charge is -2.26. The van der Waals surface area contributed by atoms with E-state index >= 15 is 0 Å². The summed E-state index contributed by atoms with van der Waals surface area (Å²) in [6.45, 7) is 4.81. The van der Waals surface area contributed by atoms with E-state index in [1.165, 1.54) is 11.3 Å². The zero-order valence-electron chi connectivity index (χ0n) is 12.9. The maximum absolute atomic E-state index is 12.0. The van der Waals surface area contributed by atoms with Gasteiger partial charge < -0.3 is 10.1 Å². The Bertz CT molecular complexity index is 856. The third-order valence-electron chi connectivity index (χ3n) is 3.89. The van der Waals surface area contributed by atoms with E-state index in [0.29, 0.717) is 11.7 Å². The summed E-state index contributed by atoms with van der Waals surface area (Å²) < 4.78 is 7.45. The van der Waals surface area contributed by atoms with Crippen LogP contribution >= 0.6 is 22.7 Å². The van der Waals surface area contributed by atoms with Crippen molar-refractivity contribution in [2.24, 2.45) is 0 Å². The number of urea groups is 1. The lowest BCUT2D eigenvalue weighted by molar-refractivity contribution is 0.0388. The predicted molar refractivity (Wildman–Crippen MR) is 97.1 cm³/mol. The van der Waals surface area contributed by atoms with Gasteiger partial charge in [-0.05, 0) is 12.1 Å². The molecular weight excluding hydrogens is 346 g/mol. The Kier molecular flexibility index (Phi) is 4.56. The van der Waals surface area contributed by atoms with Crippen molar-refractivity contribution in [1.82, 2.24) is 20.2 Å². The Morgan fingerprint density at radius 2 is 2.21 bits per heavy atom. The molecule has 24 heavy (non-hydrogen) atoms. The van der Waals surface area contributed by atoms with E-state index < -0.39 is 0 Å². The number of carbonyl (C=O) groups excluding carboxylic acids is 1. The van der Waals surface area contributed by atoms with Gasteiger partial charge in [-0.1, -0.05) is 11.3 Å². The molecule has 9 heteroatoms. The number of hydrogen-bond acceptors (Lipinski definition) is 7. The highest BCUT2D eigenvalue weighted by atomic mass is 32.1. The van der Waals surface area contributed by atoms with E-state index in [1.807, 2.05) is 17.6 Å². The molecule has 0 saturated carbocycles. The summed E-state index contributed by atoms with van der Waals surface area (Å²) in [5.41, 5.74) is 3.65. The van der Waals surface area contributed by atoms with Crippen LogP contribution in [0.3, 0.4) is 0 Å². The molecule has 2 amide bonds. The molecule has 2 N–H and O–H groups in total. The van der Waals surface area contributed by atoms with Crippen LogP contribution in [0.15, 0.2) is 17.6 Å². The van der Waals surface area contributed by atoms with Crippen LogP contribution in [-0.4, -0.2) is 60.3 Å². The number of morpholine rings is 1. The van der Waals surface area contributed by atoms with Gasteiger partial charge in [-0.15, -0.1) is 11.3 Å². The lowest BCUT2D eigenvalue weighted by atomic mass is 10.3. The van der Waals surface area contributed by atoms with Gasteiger partial charge in [-0.25, -0.2) is 14.8 Å². The first-order valence-electron chi connectivity index (χ1n) is 7.77. The number of aromatic nitrogens is 2. The first kappa shape index (κ1) is 15.7. The van der Waals surface area contributed by atoms with Gasteiger partial charge in [0.1, 0.15) is 5.52 Å². The summed E-state index contributed by atoms with van der Waals surface area (Å²) in [5.74, 6) is 0. The number of carbonyl (C=O) groups is 1. The molecule has 3 heterocycles. The molecule has 0 spiro atoms. The highest BCUT2D eigenvalue weighted by Gasteiger charge is 2.13. The molecule has 7 nitrogen and oxygen atoms in total. The normalized spacial score (nSPS) is 15.8. The Hall–Kier alpha value is -1.81. The third kappa shape index (κ3) is 3.34. The molecule has 3 aromatic rings. The highest BCUT2D eigenvalue weighted by molar-refractivity contribution is 7.24. The number of rotatable bonds is 4. The van der Waals surface area contributed by atoms with Crippen LogP contribution in [0, 0.1) is 0 Å². The topological polar surface area (TPSA) is 79.4 Å². The number of anilines is 1. The standard InChI is InChI=1S/C15H17N5O2S2/c21-14(16-3-4-20-5-7-22-8-6-20)19-15-18-10-1-2-11-12(13(10)24-15)17-9-23-11/h1-2,9H,3-8H2,(H2,16,18,19,21). The third-order valence-corrected chi connectivity index (χ3v) is 5.68. The Balaban J connectivity index is 1.36. The molecule has 0 atom stereocenters. The Morgan fingerprint density at radius 1 is 1.33 bits per heavy atom. The molecular formula is C15H17N5O2S2. The van der Waals surface area contributed by atoms with Crippen LogP contribution in [0.5, 0.6) is 0 Å². The van der Waals surface area contributed by atoms with E-state index in [-0.39, 0.29) is 6.03 Å². The van der Waals surface area contributed by atoms with Crippen LogP contribution in [0.4, 0.5) is 9.93 Å². The van der Waals surface area contributed by atoms with Gasteiger partial charge in [-0.2, -0.15) is 0 Å². The molecule has 0 bridgehead atoms. The molecule has 2 aromatic heterocycles. The average Bonchev–Trinajstić information content (AvgIpc) is 3.21. The number of thiazole rings is 2. The molecule has 4 rings (SSSR count). The lowest BCUT2D eigenvalue weighted by Crippen LogP contribution is -2.42. The number of ether oxygens (including phenoxy) is 1. The predicted octanol–water partition coefficient (Wildman–Crippen LogP) is 2.36. The van der Waals surface area contributed by atoms with Crippen LogP contribution in [0.2, 0.25) is 0 Å². The SMILES string of the molecule is O=C(NCCN1CCOCC1)Nc1nc2ccc3scnc3c2s1. The monoisotopic (exact) mass is 363 g/mol. The van der Waals surface area contributed by atoms with E-state index in [4.69, 9.17) is 4.74 Å². The van der Waals surface area contributed by atoms with Crippen molar-refractivity contribution in [3.63, 3.8) is 0 Å². The van der Waals surface area contributed by atoms with Crippen molar-refractivity contribution in [2.75, 3.05) is 44.7 Å². The number of benzene rings is 1. The second-order valence-corrected chi connectivity index (χ2v) is 7.35. The van der Waals surface area contributed by atoms with E-state index in [9.17, 15) is 4.79 Å². The van der Waals surface area contributed by atoms with Crippen LogP contribution < -0.4 is 10.6 Å². The molecule has 126 valence electrons. The fraction of sp³-hybridized carbons (Fsp3) is 0.400.